The number of rotatable bonds is 14. The van der Waals surface area contributed by atoms with Crippen LogP contribution in [0.5, 0.6) is 0 Å². The van der Waals surface area contributed by atoms with Crippen LogP contribution in [0.4, 0.5) is 0 Å². The van der Waals surface area contributed by atoms with Crippen LogP contribution in [-0.4, -0.2) is 27.3 Å². The van der Waals surface area contributed by atoms with Crippen molar-refractivity contribution in [2.75, 3.05) is 27.3 Å². The van der Waals surface area contributed by atoms with E-state index in [2.05, 4.69) is 19.2 Å². The topological polar surface area (TPSA) is 21.3 Å². The third-order valence-electron chi connectivity index (χ3n) is 3.28. The van der Waals surface area contributed by atoms with Gasteiger partial charge < -0.3 is 10.1 Å². The molecule has 0 aliphatic rings. The standard InChI is InChI=1S/C16H34O.C2H7N/c1-3-5-7-9-11-13-15-17-16-14-12-10-8-6-4-2;1-3-2/h3-16H2,1-2H3;3H,1-2H3. The van der Waals surface area contributed by atoms with Crippen LogP contribution in [0, 0.1) is 0 Å². The van der Waals surface area contributed by atoms with Crippen molar-refractivity contribution in [3.8, 4) is 0 Å². The van der Waals surface area contributed by atoms with Crippen LogP contribution in [0.3, 0.4) is 0 Å². The van der Waals surface area contributed by atoms with Crippen molar-refractivity contribution in [1.82, 2.24) is 5.32 Å². The Morgan fingerprint density at radius 2 is 0.850 bits per heavy atom. The first-order valence-electron chi connectivity index (χ1n) is 8.99. The molecule has 0 aromatic carbocycles. The van der Waals surface area contributed by atoms with Gasteiger partial charge in [-0.3, -0.25) is 0 Å². The molecule has 0 amide bonds. The molecule has 124 valence electrons. The summed E-state index contributed by atoms with van der Waals surface area (Å²) in [4.78, 5) is 0. The number of nitrogens with one attached hydrogen (secondary N) is 1. The summed E-state index contributed by atoms with van der Waals surface area (Å²) in [6, 6.07) is 0. The van der Waals surface area contributed by atoms with E-state index in [4.69, 9.17) is 4.74 Å². The third kappa shape index (κ3) is 26.5. The Hall–Kier alpha value is -0.0800. The highest BCUT2D eigenvalue weighted by Gasteiger charge is 1.92. The first-order chi connectivity index (χ1) is 9.83. The molecule has 0 atom stereocenters. The molecular formula is C18H41NO. The van der Waals surface area contributed by atoms with Crippen molar-refractivity contribution in [2.45, 2.75) is 90.9 Å². The van der Waals surface area contributed by atoms with Crippen LogP contribution in [0.25, 0.3) is 0 Å². The lowest BCUT2D eigenvalue weighted by Crippen LogP contribution is -1.97. The average Bonchev–Trinajstić information content (AvgIpc) is 2.45. The van der Waals surface area contributed by atoms with E-state index in [9.17, 15) is 0 Å². The number of hydrogen-bond donors (Lipinski definition) is 1. The largest absolute Gasteiger partial charge is 0.381 e. The van der Waals surface area contributed by atoms with Gasteiger partial charge in [-0.1, -0.05) is 78.1 Å². The van der Waals surface area contributed by atoms with Gasteiger partial charge in [0.15, 0.2) is 0 Å². The molecule has 0 heterocycles. The van der Waals surface area contributed by atoms with Crippen LogP contribution in [-0.2, 0) is 4.74 Å². The lowest BCUT2D eigenvalue weighted by Gasteiger charge is -2.04. The van der Waals surface area contributed by atoms with Crippen molar-refractivity contribution in [3.63, 3.8) is 0 Å². The summed E-state index contributed by atoms with van der Waals surface area (Å²) in [5.74, 6) is 0. The van der Waals surface area contributed by atoms with Gasteiger partial charge in [0.2, 0.25) is 0 Å². The highest BCUT2D eigenvalue weighted by molar-refractivity contribution is 4.45. The fraction of sp³-hybridized carbons (Fsp3) is 1.00. The Labute approximate surface area is 129 Å². The second-order valence-electron chi connectivity index (χ2n) is 5.65. The van der Waals surface area contributed by atoms with Gasteiger partial charge in [-0.05, 0) is 26.9 Å². The molecule has 0 bridgehead atoms. The zero-order valence-corrected chi connectivity index (χ0v) is 14.8. The monoisotopic (exact) mass is 287 g/mol. The Morgan fingerprint density at radius 1 is 0.550 bits per heavy atom. The Kier molecular flexibility index (Phi) is 26.6. The number of ether oxygens (including phenoxy) is 1. The highest BCUT2D eigenvalue weighted by atomic mass is 16.5. The molecule has 1 N–H and O–H groups in total. The molecular weight excluding hydrogens is 246 g/mol. The van der Waals surface area contributed by atoms with Gasteiger partial charge >= 0.3 is 0 Å². The molecule has 2 heteroatoms. The molecule has 0 unspecified atom stereocenters. The van der Waals surface area contributed by atoms with Crippen molar-refractivity contribution < 1.29 is 4.74 Å². The fourth-order valence-corrected chi connectivity index (χ4v) is 2.07. The van der Waals surface area contributed by atoms with Crippen molar-refractivity contribution >= 4 is 0 Å². The van der Waals surface area contributed by atoms with Gasteiger partial charge in [0.05, 0.1) is 0 Å². The van der Waals surface area contributed by atoms with Gasteiger partial charge in [0.1, 0.15) is 0 Å². The quantitative estimate of drug-likeness (QED) is 0.422. The minimum atomic E-state index is 0.987. The molecule has 0 fully saturated rings. The first-order valence-corrected chi connectivity index (χ1v) is 8.99. The summed E-state index contributed by atoms with van der Waals surface area (Å²) in [5, 5.41) is 2.75. The summed E-state index contributed by atoms with van der Waals surface area (Å²) >= 11 is 0. The van der Waals surface area contributed by atoms with Gasteiger partial charge in [-0.15, -0.1) is 0 Å². The first kappa shape index (κ1) is 22.2. The Bertz CT molecular complexity index is 125. The second-order valence-corrected chi connectivity index (χ2v) is 5.65. The molecule has 0 rings (SSSR count). The van der Waals surface area contributed by atoms with E-state index >= 15 is 0 Å². The van der Waals surface area contributed by atoms with Crippen LogP contribution in [0.1, 0.15) is 90.9 Å². The van der Waals surface area contributed by atoms with E-state index in [1.807, 2.05) is 14.1 Å². The number of hydrogen-bond acceptors (Lipinski definition) is 2. The van der Waals surface area contributed by atoms with Crippen LogP contribution >= 0.6 is 0 Å². The van der Waals surface area contributed by atoms with E-state index in [0.29, 0.717) is 0 Å². The summed E-state index contributed by atoms with van der Waals surface area (Å²) in [6.45, 7) is 6.51. The van der Waals surface area contributed by atoms with Gasteiger partial charge in [-0.2, -0.15) is 0 Å². The number of unbranched alkanes of at least 4 members (excludes halogenated alkanes) is 10. The summed E-state index contributed by atoms with van der Waals surface area (Å²) in [6.07, 6.45) is 16.3. The van der Waals surface area contributed by atoms with E-state index in [1.165, 1.54) is 77.0 Å². The normalized spacial score (nSPS) is 10.2. The fourth-order valence-electron chi connectivity index (χ4n) is 2.07. The van der Waals surface area contributed by atoms with E-state index in [1.54, 1.807) is 0 Å². The molecule has 0 saturated heterocycles. The lowest BCUT2D eigenvalue weighted by molar-refractivity contribution is 0.125. The summed E-state index contributed by atoms with van der Waals surface area (Å²) in [5.41, 5.74) is 0. The minimum absolute atomic E-state index is 0.987. The maximum absolute atomic E-state index is 5.65. The molecule has 0 spiro atoms. The van der Waals surface area contributed by atoms with E-state index < -0.39 is 0 Å². The van der Waals surface area contributed by atoms with Crippen LogP contribution in [0.15, 0.2) is 0 Å². The zero-order valence-electron chi connectivity index (χ0n) is 14.8. The molecule has 0 radical (unpaired) electrons. The van der Waals surface area contributed by atoms with Crippen LogP contribution < -0.4 is 5.32 Å². The lowest BCUT2D eigenvalue weighted by atomic mass is 10.1. The molecule has 0 aromatic rings. The molecule has 0 saturated carbocycles. The Morgan fingerprint density at radius 3 is 1.20 bits per heavy atom. The Balaban J connectivity index is 0. The van der Waals surface area contributed by atoms with Crippen molar-refractivity contribution in [3.05, 3.63) is 0 Å². The predicted octanol–water partition coefficient (Wildman–Crippen LogP) is 5.56. The summed E-state index contributed by atoms with van der Waals surface area (Å²) < 4.78 is 5.65. The maximum Gasteiger partial charge on any atom is 0.0466 e. The summed E-state index contributed by atoms with van der Waals surface area (Å²) in [7, 11) is 3.75. The van der Waals surface area contributed by atoms with Gasteiger partial charge in [-0.25, -0.2) is 0 Å². The highest BCUT2D eigenvalue weighted by Crippen LogP contribution is 2.06. The molecule has 0 aliphatic carbocycles. The van der Waals surface area contributed by atoms with E-state index in [0.717, 1.165) is 13.2 Å². The predicted molar refractivity (Wildman–Crippen MR) is 92.6 cm³/mol. The zero-order chi connectivity index (χ0) is 15.3. The van der Waals surface area contributed by atoms with E-state index in [-0.39, 0.29) is 0 Å². The smallest absolute Gasteiger partial charge is 0.0466 e. The second kappa shape index (κ2) is 24.0. The molecule has 20 heavy (non-hydrogen) atoms. The molecule has 2 nitrogen and oxygen atoms in total. The van der Waals surface area contributed by atoms with Gasteiger partial charge in [0, 0.05) is 13.2 Å². The maximum atomic E-state index is 5.65. The van der Waals surface area contributed by atoms with Crippen molar-refractivity contribution in [1.29, 1.82) is 0 Å². The van der Waals surface area contributed by atoms with Crippen LogP contribution in [0.2, 0.25) is 0 Å². The molecule has 0 aliphatic heterocycles. The van der Waals surface area contributed by atoms with Gasteiger partial charge in [0.25, 0.3) is 0 Å². The minimum Gasteiger partial charge on any atom is -0.381 e. The SMILES string of the molecule is CCCCCCCCOCCCCCCCC.CNC. The average molecular weight is 288 g/mol. The molecule has 0 aromatic heterocycles. The van der Waals surface area contributed by atoms with Crippen molar-refractivity contribution in [2.24, 2.45) is 0 Å². The third-order valence-corrected chi connectivity index (χ3v) is 3.28.